The largest absolute Gasteiger partial charge is 0.452 e. The van der Waals surface area contributed by atoms with Crippen LogP contribution in [0, 0.1) is 18.8 Å². The molecule has 9 heteroatoms. The van der Waals surface area contributed by atoms with Crippen LogP contribution in [0.25, 0.3) is 0 Å². The normalized spacial score (nSPS) is 24.4. The SMILES string of the molecule is Cc1cccc(NC(=O)COC(=O)c2cccc(N3C(=O)[C@H]4C[C@@H](Cl)[C@@H](Cl)C[C@H]4C3=O)c2)c1. The zero-order valence-electron chi connectivity index (χ0n) is 17.8. The second-order valence-corrected chi connectivity index (χ2v) is 9.39. The number of carbonyl (C=O) groups excluding carboxylic acids is 4. The molecule has 1 heterocycles. The van der Waals surface area contributed by atoms with Crippen LogP contribution >= 0.6 is 23.2 Å². The van der Waals surface area contributed by atoms with E-state index in [9.17, 15) is 19.2 Å². The van der Waals surface area contributed by atoms with Gasteiger partial charge in [0.05, 0.1) is 33.8 Å². The molecule has 2 fully saturated rings. The summed E-state index contributed by atoms with van der Waals surface area (Å²) in [6.45, 7) is 1.42. The van der Waals surface area contributed by atoms with Gasteiger partial charge in [-0.3, -0.25) is 19.3 Å². The summed E-state index contributed by atoms with van der Waals surface area (Å²) < 4.78 is 5.11. The van der Waals surface area contributed by atoms with E-state index in [0.29, 0.717) is 18.5 Å². The number of nitrogens with zero attached hydrogens (tertiary/aromatic N) is 1. The Hall–Kier alpha value is -2.90. The van der Waals surface area contributed by atoms with Gasteiger partial charge in [0, 0.05) is 5.69 Å². The highest BCUT2D eigenvalue weighted by molar-refractivity contribution is 6.31. The van der Waals surface area contributed by atoms with Crippen LogP contribution in [0.3, 0.4) is 0 Å². The van der Waals surface area contributed by atoms with Crippen molar-refractivity contribution in [2.24, 2.45) is 11.8 Å². The predicted molar refractivity (Wildman–Crippen MR) is 125 cm³/mol. The van der Waals surface area contributed by atoms with E-state index in [1.807, 2.05) is 13.0 Å². The molecule has 0 spiro atoms. The number of rotatable bonds is 5. The fourth-order valence-corrected chi connectivity index (χ4v) is 4.85. The molecule has 7 nitrogen and oxygen atoms in total. The number of aryl methyl sites for hydroxylation is 1. The first kappa shape index (κ1) is 23.3. The number of imide groups is 1. The quantitative estimate of drug-likeness (QED) is 0.391. The van der Waals surface area contributed by atoms with E-state index in [2.05, 4.69) is 5.32 Å². The number of anilines is 2. The third-order valence-corrected chi connectivity index (χ3v) is 6.98. The predicted octanol–water partition coefficient (Wildman–Crippen LogP) is 3.90. The maximum absolute atomic E-state index is 12.9. The molecule has 1 saturated carbocycles. The second-order valence-electron chi connectivity index (χ2n) is 8.27. The van der Waals surface area contributed by atoms with Crippen molar-refractivity contribution in [1.29, 1.82) is 0 Å². The Morgan fingerprint density at radius 2 is 1.64 bits per heavy atom. The molecule has 1 N–H and O–H groups in total. The Morgan fingerprint density at radius 3 is 2.27 bits per heavy atom. The minimum absolute atomic E-state index is 0.122. The molecule has 1 aliphatic heterocycles. The lowest BCUT2D eigenvalue weighted by Crippen LogP contribution is -2.34. The lowest BCUT2D eigenvalue weighted by Gasteiger charge is -2.28. The highest BCUT2D eigenvalue weighted by Gasteiger charge is 2.52. The van der Waals surface area contributed by atoms with E-state index >= 15 is 0 Å². The van der Waals surface area contributed by atoms with Crippen LogP contribution in [0.1, 0.15) is 28.8 Å². The third kappa shape index (κ3) is 4.89. The summed E-state index contributed by atoms with van der Waals surface area (Å²) in [5.74, 6) is -2.95. The first-order valence-electron chi connectivity index (χ1n) is 10.5. The average Bonchev–Trinajstić information content (AvgIpc) is 3.02. The number of ether oxygens (including phenoxy) is 1. The highest BCUT2D eigenvalue weighted by atomic mass is 35.5. The lowest BCUT2D eigenvalue weighted by molar-refractivity contribution is -0.122. The summed E-state index contributed by atoms with van der Waals surface area (Å²) in [6, 6.07) is 13.3. The number of alkyl halides is 2. The Balaban J connectivity index is 1.42. The van der Waals surface area contributed by atoms with Crippen molar-refractivity contribution in [2.75, 3.05) is 16.8 Å². The molecule has 0 radical (unpaired) electrons. The van der Waals surface area contributed by atoms with Crippen LogP contribution in [0.5, 0.6) is 0 Å². The molecule has 4 atom stereocenters. The Morgan fingerprint density at radius 1 is 1.00 bits per heavy atom. The van der Waals surface area contributed by atoms with Crippen molar-refractivity contribution in [3.63, 3.8) is 0 Å². The van der Waals surface area contributed by atoms with Gasteiger partial charge < -0.3 is 10.1 Å². The number of nitrogens with one attached hydrogen (secondary N) is 1. The van der Waals surface area contributed by atoms with Crippen molar-refractivity contribution in [2.45, 2.75) is 30.5 Å². The smallest absolute Gasteiger partial charge is 0.338 e. The Bertz CT molecular complexity index is 1090. The van der Waals surface area contributed by atoms with E-state index in [1.54, 1.807) is 30.3 Å². The van der Waals surface area contributed by atoms with E-state index in [-0.39, 0.29) is 33.8 Å². The monoisotopic (exact) mass is 488 g/mol. The van der Waals surface area contributed by atoms with Crippen LogP contribution in [0.4, 0.5) is 11.4 Å². The first-order valence-corrected chi connectivity index (χ1v) is 11.4. The molecule has 1 aliphatic carbocycles. The van der Waals surface area contributed by atoms with E-state index in [1.165, 1.54) is 12.1 Å². The molecule has 2 aromatic carbocycles. The van der Waals surface area contributed by atoms with Gasteiger partial charge in [-0.05, 0) is 55.7 Å². The third-order valence-electron chi connectivity index (χ3n) is 5.89. The Kier molecular flexibility index (Phi) is 6.72. The molecule has 2 aliphatic rings. The van der Waals surface area contributed by atoms with Gasteiger partial charge in [-0.25, -0.2) is 4.79 Å². The van der Waals surface area contributed by atoms with Gasteiger partial charge >= 0.3 is 5.97 Å². The molecular formula is C24H22Cl2N2O5. The van der Waals surface area contributed by atoms with Crippen LogP contribution in [0.2, 0.25) is 0 Å². The second kappa shape index (κ2) is 9.53. The molecule has 0 aromatic heterocycles. The maximum Gasteiger partial charge on any atom is 0.338 e. The molecule has 0 bridgehead atoms. The number of benzene rings is 2. The summed E-state index contributed by atoms with van der Waals surface area (Å²) >= 11 is 12.4. The summed E-state index contributed by atoms with van der Waals surface area (Å²) in [4.78, 5) is 51.6. The van der Waals surface area contributed by atoms with Gasteiger partial charge in [0.1, 0.15) is 0 Å². The van der Waals surface area contributed by atoms with E-state index in [0.717, 1.165) is 10.5 Å². The average molecular weight is 489 g/mol. The zero-order valence-corrected chi connectivity index (χ0v) is 19.3. The van der Waals surface area contributed by atoms with Crippen LogP contribution in [-0.2, 0) is 19.1 Å². The molecule has 33 heavy (non-hydrogen) atoms. The van der Waals surface area contributed by atoms with Crippen molar-refractivity contribution < 1.29 is 23.9 Å². The van der Waals surface area contributed by atoms with Crippen molar-refractivity contribution in [1.82, 2.24) is 0 Å². The van der Waals surface area contributed by atoms with Crippen molar-refractivity contribution in [3.8, 4) is 0 Å². The molecule has 172 valence electrons. The minimum atomic E-state index is -0.741. The number of carbonyl (C=O) groups is 4. The first-order chi connectivity index (χ1) is 15.7. The number of hydrogen-bond donors (Lipinski definition) is 1. The van der Waals surface area contributed by atoms with Gasteiger partial charge in [0.25, 0.3) is 5.91 Å². The van der Waals surface area contributed by atoms with Crippen molar-refractivity contribution in [3.05, 3.63) is 59.7 Å². The number of fused-ring (bicyclic) bond motifs is 1. The van der Waals surface area contributed by atoms with Crippen LogP contribution < -0.4 is 10.2 Å². The molecule has 4 rings (SSSR count). The topological polar surface area (TPSA) is 92.8 Å². The standard InChI is InChI=1S/C24H22Cl2N2O5/c1-13-4-2-6-15(8-13)27-21(29)12-33-24(32)14-5-3-7-16(9-14)28-22(30)17-10-19(25)20(26)11-18(17)23(28)31/h2-9,17-20H,10-12H2,1H3,(H,27,29)/t17-,18+,19+,20-. The molecular weight excluding hydrogens is 467 g/mol. The van der Waals surface area contributed by atoms with Gasteiger partial charge in [0.2, 0.25) is 11.8 Å². The molecule has 0 unspecified atom stereocenters. The van der Waals surface area contributed by atoms with E-state index in [4.69, 9.17) is 27.9 Å². The van der Waals surface area contributed by atoms with Gasteiger partial charge in [-0.1, -0.05) is 18.2 Å². The van der Waals surface area contributed by atoms with Gasteiger partial charge in [-0.15, -0.1) is 23.2 Å². The lowest BCUT2D eigenvalue weighted by atomic mass is 9.80. The summed E-state index contributed by atoms with van der Waals surface area (Å²) in [5.41, 5.74) is 1.98. The minimum Gasteiger partial charge on any atom is -0.452 e. The van der Waals surface area contributed by atoms with Gasteiger partial charge in [0.15, 0.2) is 6.61 Å². The number of amides is 3. The number of esters is 1. The number of halogens is 2. The van der Waals surface area contributed by atoms with Crippen LogP contribution in [0.15, 0.2) is 48.5 Å². The molecule has 2 aromatic rings. The number of hydrogen-bond acceptors (Lipinski definition) is 5. The Labute approximate surface area is 201 Å². The van der Waals surface area contributed by atoms with Gasteiger partial charge in [-0.2, -0.15) is 0 Å². The molecule has 1 saturated heterocycles. The van der Waals surface area contributed by atoms with E-state index < -0.39 is 30.3 Å². The summed E-state index contributed by atoms with van der Waals surface area (Å²) in [5, 5.41) is 1.90. The van der Waals surface area contributed by atoms with Crippen LogP contribution in [-0.4, -0.2) is 41.1 Å². The maximum atomic E-state index is 12.9. The highest BCUT2D eigenvalue weighted by Crippen LogP contribution is 2.43. The summed E-state index contributed by atoms with van der Waals surface area (Å²) in [7, 11) is 0. The molecule has 3 amide bonds. The zero-order chi connectivity index (χ0) is 23.7. The fourth-order valence-electron chi connectivity index (χ4n) is 4.26. The van der Waals surface area contributed by atoms with Crippen molar-refractivity contribution >= 4 is 58.3 Å². The summed E-state index contributed by atoms with van der Waals surface area (Å²) in [6.07, 6.45) is 0.665. The fraction of sp³-hybridized carbons (Fsp3) is 0.333.